The van der Waals surface area contributed by atoms with Crippen LogP contribution in [0.3, 0.4) is 0 Å². The minimum Gasteiger partial charge on any atom is -0.282 e. The number of hydrogen-bond donors (Lipinski definition) is 0. The first-order valence-corrected chi connectivity index (χ1v) is 11.8. The molecule has 1 amide bonds. The van der Waals surface area contributed by atoms with Crippen LogP contribution in [0.2, 0.25) is 0 Å². The summed E-state index contributed by atoms with van der Waals surface area (Å²) in [5, 5.41) is 5.00. The van der Waals surface area contributed by atoms with Crippen LogP contribution >= 0.6 is 23.1 Å². The Labute approximate surface area is 184 Å². The Balaban J connectivity index is 1.68. The molecular weight excluding hydrogens is 412 g/mol. The highest BCUT2D eigenvalue weighted by molar-refractivity contribution is 7.99. The van der Waals surface area contributed by atoms with Crippen molar-refractivity contribution >= 4 is 44.4 Å². The van der Waals surface area contributed by atoms with Gasteiger partial charge in [0.2, 0.25) is 0 Å². The summed E-state index contributed by atoms with van der Waals surface area (Å²) in [6, 6.07) is 14.0. The molecule has 2 heterocycles. The van der Waals surface area contributed by atoms with E-state index in [4.69, 9.17) is 4.98 Å². The minimum absolute atomic E-state index is 0.0383. The fourth-order valence-corrected chi connectivity index (χ4v) is 5.24. The third-order valence-corrected chi connectivity index (χ3v) is 6.74. The molecule has 0 radical (unpaired) electrons. The SMILES string of the molecule is CCSc1ccc(C(=O)N(CCn2cccn2)c2nc3c(C)cc(C)cc3s2)cc1. The summed E-state index contributed by atoms with van der Waals surface area (Å²) in [7, 11) is 0. The van der Waals surface area contributed by atoms with Gasteiger partial charge in [0, 0.05) is 29.4 Å². The van der Waals surface area contributed by atoms with Crippen LogP contribution in [-0.2, 0) is 6.54 Å². The Morgan fingerprint density at radius 3 is 2.70 bits per heavy atom. The average Bonchev–Trinajstić information content (AvgIpc) is 3.39. The van der Waals surface area contributed by atoms with Crippen molar-refractivity contribution in [2.24, 2.45) is 0 Å². The topological polar surface area (TPSA) is 51.0 Å². The summed E-state index contributed by atoms with van der Waals surface area (Å²) in [4.78, 5) is 21.2. The third-order valence-electron chi connectivity index (χ3n) is 4.82. The van der Waals surface area contributed by atoms with Crippen LogP contribution in [0.15, 0.2) is 59.8 Å². The first kappa shape index (κ1) is 20.6. The standard InChI is InChI=1S/C23H24N4OS2/c1-4-29-19-8-6-18(7-9-19)22(28)27(13-12-26-11-5-10-24-26)23-25-21-17(3)14-16(2)15-20(21)30-23/h5-11,14-15H,4,12-13H2,1-3H3. The lowest BCUT2D eigenvalue weighted by molar-refractivity contribution is 0.0985. The van der Waals surface area contributed by atoms with E-state index in [9.17, 15) is 4.79 Å². The molecule has 0 spiro atoms. The summed E-state index contributed by atoms with van der Waals surface area (Å²) in [5.74, 6) is 0.969. The monoisotopic (exact) mass is 436 g/mol. The number of thioether (sulfide) groups is 1. The van der Waals surface area contributed by atoms with Gasteiger partial charge in [-0.05, 0) is 67.1 Å². The molecule has 4 rings (SSSR count). The van der Waals surface area contributed by atoms with E-state index in [1.807, 2.05) is 41.2 Å². The second-order valence-electron chi connectivity index (χ2n) is 7.11. The van der Waals surface area contributed by atoms with E-state index < -0.39 is 0 Å². The Kier molecular flexibility index (Phi) is 6.20. The van der Waals surface area contributed by atoms with Crippen LogP contribution in [0.4, 0.5) is 5.13 Å². The molecule has 0 N–H and O–H groups in total. The van der Waals surface area contributed by atoms with E-state index >= 15 is 0 Å². The smallest absolute Gasteiger partial charge is 0.260 e. The molecule has 4 aromatic rings. The Hall–Kier alpha value is -2.64. The Bertz CT molecular complexity index is 1150. The van der Waals surface area contributed by atoms with Gasteiger partial charge in [-0.15, -0.1) is 11.8 Å². The van der Waals surface area contributed by atoms with Gasteiger partial charge >= 0.3 is 0 Å². The number of rotatable bonds is 7. The van der Waals surface area contributed by atoms with Gasteiger partial charge in [-0.25, -0.2) is 4.98 Å². The van der Waals surface area contributed by atoms with Gasteiger partial charge < -0.3 is 0 Å². The molecule has 0 bridgehead atoms. The highest BCUT2D eigenvalue weighted by Gasteiger charge is 2.22. The van der Waals surface area contributed by atoms with Crippen molar-refractivity contribution in [1.82, 2.24) is 14.8 Å². The number of hydrogen-bond acceptors (Lipinski definition) is 5. The normalized spacial score (nSPS) is 11.2. The first-order chi connectivity index (χ1) is 14.5. The average molecular weight is 437 g/mol. The number of nitrogens with zero attached hydrogens (tertiary/aromatic N) is 4. The number of anilines is 1. The van der Waals surface area contributed by atoms with Gasteiger partial charge in [-0.1, -0.05) is 24.3 Å². The van der Waals surface area contributed by atoms with Crippen molar-refractivity contribution in [2.75, 3.05) is 17.2 Å². The van der Waals surface area contributed by atoms with Crippen molar-refractivity contribution in [1.29, 1.82) is 0 Å². The van der Waals surface area contributed by atoms with Crippen molar-refractivity contribution in [3.8, 4) is 0 Å². The number of amides is 1. The zero-order valence-corrected chi connectivity index (χ0v) is 19.0. The molecule has 7 heteroatoms. The predicted octanol–water partition coefficient (Wildman–Crippen LogP) is 5.57. The van der Waals surface area contributed by atoms with Crippen LogP contribution in [0.1, 0.15) is 28.4 Å². The number of carbonyl (C=O) groups excluding carboxylic acids is 1. The molecule has 0 atom stereocenters. The molecule has 0 saturated carbocycles. The van der Waals surface area contributed by atoms with Gasteiger partial charge in [0.25, 0.3) is 5.91 Å². The van der Waals surface area contributed by atoms with Crippen molar-refractivity contribution in [2.45, 2.75) is 32.2 Å². The van der Waals surface area contributed by atoms with Crippen molar-refractivity contribution in [3.63, 3.8) is 0 Å². The maximum Gasteiger partial charge on any atom is 0.260 e. The van der Waals surface area contributed by atoms with E-state index in [0.29, 0.717) is 18.7 Å². The summed E-state index contributed by atoms with van der Waals surface area (Å²) in [6.07, 6.45) is 3.66. The number of thiazole rings is 1. The van der Waals surface area contributed by atoms with E-state index in [0.717, 1.165) is 26.7 Å². The van der Waals surface area contributed by atoms with Crippen LogP contribution in [0.5, 0.6) is 0 Å². The molecule has 0 aliphatic rings. The van der Waals surface area contributed by atoms with Gasteiger partial charge in [0.15, 0.2) is 5.13 Å². The molecule has 0 fully saturated rings. The number of fused-ring (bicyclic) bond motifs is 1. The molecule has 0 aliphatic carbocycles. The van der Waals surface area contributed by atoms with Crippen LogP contribution in [-0.4, -0.2) is 33.0 Å². The zero-order valence-electron chi connectivity index (χ0n) is 17.3. The molecular formula is C23H24N4OS2. The fourth-order valence-electron chi connectivity index (χ4n) is 3.41. The molecule has 5 nitrogen and oxygen atoms in total. The Morgan fingerprint density at radius 2 is 2.00 bits per heavy atom. The second-order valence-corrected chi connectivity index (χ2v) is 9.45. The Morgan fingerprint density at radius 1 is 1.20 bits per heavy atom. The van der Waals surface area contributed by atoms with E-state index in [-0.39, 0.29) is 5.91 Å². The second kappa shape index (κ2) is 9.02. The van der Waals surface area contributed by atoms with Crippen LogP contribution < -0.4 is 4.90 Å². The minimum atomic E-state index is -0.0383. The quantitative estimate of drug-likeness (QED) is 0.356. The van der Waals surface area contributed by atoms with Crippen LogP contribution in [0, 0.1) is 13.8 Å². The van der Waals surface area contributed by atoms with E-state index in [1.165, 1.54) is 10.5 Å². The first-order valence-electron chi connectivity index (χ1n) is 9.95. The largest absolute Gasteiger partial charge is 0.282 e. The van der Waals surface area contributed by atoms with Crippen molar-refractivity contribution < 1.29 is 4.79 Å². The number of benzene rings is 2. The van der Waals surface area contributed by atoms with Gasteiger partial charge in [-0.2, -0.15) is 5.10 Å². The lowest BCUT2D eigenvalue weighted by Crippen LogP contribution is -2.34. The maximum atomic E-state index is 13.5. The molecule has 2 aromatic heterocycles. The lowest BCUT2D eigenvalue weighted by atomic mass is 10.1. The number of carbonyl (C=O) groups is 1. The fraction of sp³-hybridized carbons (Fsp3) is 0.261. The van der Waals surface area contributed by atoms with Crippen LogP contribution in [0.25, 0.3) is 10.2 Å². The maximum absolute atomic E-state index is 13.5. The number of aromatic nitrogens is 3. The molecule has 2 aromatic carbocycles. The third kappa shape index (κ3) is 4.42. The summed E-state index contributed by atoms with van der Waals surface area (Å²) < 4.78 is 2.94. The van der Waals surface area contributed by atoms with E-state index in [2.05, 4.69) is 38.0 Å². The number of aryl methyl sites for hydroxylation is 2. The van der Waals surface area contributed by atoms with E-state index in [1.54, 1.807) is 34.2 Å². The predicted molar refractivity (Wildman–Crippen MR) is 126 cm³/mol. The molecule has 154 valence electrons. The highest BCUT2D eigenvalue weighted by atomic mass is 32.2. The van der Waals surface area contributed by atoms with Crippen molar-refractivity contribution in [3.05, 3.63) is 71.5 Å². The summed E-state index contributed by atoms with van der Waals surface area (Å²) >= 11 is 3.33. The molecule has 0 saturated heterocycles. The lowest BCUT2D eigenvalue weighted by Gasteiger charge is -2.20. The molecule has 30 heavy (non-hydrogen) atoms. The van der Waals surface area contributed by atoms with Gasteiger partial charge in [0.05, 0.1) is 16.8 Å². The highest BCUT2D eigenvalue weighted by Crippen LogP contribution is 2.32. The molecule has 0 unspecified atom stereocenters. The van der Waals surface area contributed by atoms with Gasteiger partial charge in [0.1, 0.15) is 0 Å². The summed E-state index contributed by atoms with van der Waals surface area (Å²) in [5.41, 5.74) is 3.97. The summed E-state index contributed by atoms with van der Waals surface area (Å²) in [6.45, 7) is 7.39. The molecule has 0 aliphatic heterocycles. The zero-order chi connectivity index (χ0) is 21.1. The van der Waals surface area contributed by atoms with Gasteiger partial charge in [-0.3, -0.25) is 14.4 Å².